The molecule has 0 bridgehead atoms. The molecule has 2 heterocycles. The zero-order valence-electron chi connectivity index (χ0n) is 10.9. The predicted molar refractivity (Wildman–Crippen MR) is 72.4 cm³/mol. The van der Waals surface area contributed by atoms with E-state index in [9.17, 15) is 0 Å². The van der Waals surface area contributed by atoms with Gasteiger partial charge < -0.3 is 10.3 Å². The lowest BCUT2D eigenvalue weighted by Crippen LogP contribution is -1.99. The van der Waals surface area contributed by atoms with Crippen LogP contribution in [0.4, 0.5) is 5.69 Å². The molecule has 1 fully saturated rings. The third-order valence-electron chi connectivity index (χ3n) is 3.67. The van der Waals surface area contributed by atoms with Gasteiger partial charge in [0.25, 0.3) is 5.89 Å². The van der Waals surface area contributed by atoms with Crippen molar-refractivity contribution < 1.29 is 4.52 Å². The van der Waals surface area contributed by atoms with Gasteiger partial charge in [-0.2, -0.15) is 4.98 Å². The van der Waals surface area contributed by atoms with Crippen LogP contribution in [0.15, 0.2) is 22.9 Å². The first-order valence-electron chi connectivity index (χ1n) is 6.88. The molecule has 2 aromatic rings. The Morgan fingerprint density at radius 2 is 1.89 bits per heavy atom. The fraction of sp³-hybridized carbons (Fsp3) is 0.500. The minimum absolute atomic E-state index is 0.439. The van der Waals surface area contributed by atoms with Crippen molar-refractivity contribution in [2.45, 2.75) is 44.4 Å². The van der Waals surface area contributed by atoms with Crippen molar-refractivity contribution in [2.24, 2.45) is 0 Å². The van der Waals surface area contributed by atoms with Crippen LogP contribution < -0.4 is 5.73 Å². The Hall–Kier alpha value is -1.91. The van der Waals surface area contributed by atoms with E-state index < -0.39 is 0 Å². The zero-order chi connectivity index (χ0) is 13.1. The highest BCUT2D eigenvalue weighted by molar-refractivity contribution is 5.50. The van der Waals surface area contributed by atoms with Gasteiger partial charge in [0.05, 0.1) is 11.9 Å². The Bertz CT molecular complexity index is 527. The lowest BCUT2D eigenvalue weighted by Gasteiger charge is -2.07. The molecule has 0 unspecified atom stereocenters. The molecule has 5 nitrogen and oxygen atoms in total. The lowest BCUT2D eigenvalue weighted by atomic mass is 10.00. The number of hydrogen-bond acceptors (Lipinski definition) is 5. The number of nitrogens with two attached hydrogens (primary N) is 1. The Balaban J connectivity index is 1.80. The number of nitrogens with zero attached hydrogens (tertiary/aromatic N) is 3. The Labute approximate surface area is 112 Å². The summed E-state index contributed by atoms with van der Waals surface area (Å²) in [5.74, 6) is 1.75. The van der Waals surface area contributed by atoms with E-state index in [2.05, 4.69) is 15.1 Å². The van der Waals surface area contributed by atoms with Crippen LogP contribution in [0, 0.1) is 0 Å². The normalized spacial score (nSPS) is 17.3. The number of aromatic nitrogens is 3. The number of rotatable bonds is 2. The van der Waals surface area contributed by atoms with E-state index in [1.807, 2.05) is 0 Å². The van der Waals surface area contributed by atoms with Gasteiger partial charge >= 0.3 is 0 Å². The van der Waals surface area contributed by atoms with Gasteiger partial charge in [0.15, 0.2) is 5.82 Å². The van der Waals surface area contributed by atoms with E-state index in [0.29, 0.717) is 23.2 Å². The van der Waals surface area contributed by atoms with E-state index in [1.165, 1.54) is 25.7 Å². The van der Waals surface area contributed by atoms with Gasteiger partial charge in [0.2, 0.25) is 0 Å². The van der Waals surface area contributed by atoms with Gasteiger partial charge in [0.1, 0.15) is 5.69 Å². The molecule has 2 aromatic heterocycles. The molecule has 0 aromatic carbocycles. The monoisotopic (exact) mass is 258 g/mol. The van der Waals surface area contributed by atoms with E-state index >= 15 is 0 Å². The highest BCUT2D eigenvalue weighted by Gasteiger charge is 2.20. The third-order valence-corrected chi connectivity index (χ3v) is 3.67. The zero-order valence-corrected chi connectivity index (χ0v) is 10.9. The van der Waals surface area contributed by atoms with Gasteiger partial charge in [-0.05, 0) is 25.0 Å². The SMILES string of the molecule is Nc1ccc(-c2nc(C3CCCCCC3)no2)nc1. The van der Waals surface area contributed by atoms with Crippen LogP contribution in [-0.4, -0.2) is 15.1 Å². The molecule has 5 heteroatoms. The Morgan fingerprint density at radius 1 is 1.11 bits per heavy atom. The molecule has 19 heavy (non-hydrogen) atoms. The molecule has 3 rings (SSSR count). The second-order valence-electron chi connectivity index (χ2n) is 5.12. The molecule has 0 aliphatic heterocycles. The number of anilines is 1. The van der Waals surface area contributed by atoms with Crippen LogP contribution in [0.3, 0.4) is 0 Å². The molecule has 1 saturated carbocycles. The van der Waals surface area contributed by atoms with E-state index in [4.69, 9.17) is 10.3 Å². The van der Waals surface area contributed by atoms with Crippen molar-refractivity contribution in [1.82, 2.24) is 15.1 Å². The first-order valence-corrected chi connectivity index (χ1v) is 6.88. The molecule has 2 N–H and O–H groups in total. The second-order valence-corrected chi connectivity index (χ2v) is 5.12. The first kappa shape index (κ1) is 12.1. The number of nitrogen functional groups attached to an aromatic ring is 1. The maximum Gasteiger partial charge on any atom is 0.276 e. The second kappa shape index (κ2) is 5.38. The topological polar surface area (TPSA) is 77.8 Å². The summed E-state index contributed by atoms with van der Waals surface area (Å²) in [7, 11) is 0. The fourth-order valence-corrected chi connectivity index (χ4v) is 2.57. The molecule has 0 saturated heterocycles. The summed E-state index contributed by atoms with van der Waals surface area (Å²) in [6.45, 7) is 0. The highest BCUT2D eigenvalue weighted by Crippen LogP contribution is 2.30. The summed E-state index contributed by atoms with van der Waals surface area (Å²) in [5, 5.41) is 4.12. The van der Waals surface area contributed by atoms with Gasteiger partial charge in [-0.1, -0.05) is 30.8 Å². The molecule has 0 atom stereocenters. The summed E-state index contributed by atoms with van der Waals surface area (Å²) in [6, 6.07) is 3.59. The van der Waals surface area contributed by atoms with E-state index in [1.54, 1.807) is 18.3 Å². The van der Waals surface area contributed by atoms with Crippen LogP contribution in [0.25, 0.3) is 11.6 Å². The molecule has 1 aliphatic carbocycles. The molecular formula is C14H18N4O. The van der Waals surface area contributed by atoms with Crippen molar-refractivity contribution in [3.8, 4) is 11.6 Å². The van der Waals surface area contributed by atoms with Crippen molar-refractivity contribution in [3.05, 3.63) is 24.2 Å². The van der Waals surface area contributed by atoms with Crippen LogP contribution in [0.2, 0.25) is 0 Å². The Kier molecular flexibility index (Phi) is 3.44. The highest BCUT2D eigenvalue weighted by atomic mass is 16.5. The van der Waals surface area contributed by atoms with Crippen molar-refractivity contribution in [2.75, 3.05) is 5.73 Å². The average Bonchev–Trinajstić information content (AvgIpc) is 2.76. The largest absolute Gasteiger partial charge is 0.397 e. The maximum absolute atomic E-state index is 5.62. The quantitative estimate of drug-likeness (QED) is 0.837. The van der Waals surface area contributed by atoms with Crippen LogP contribution >= 0.6 is 0 Å². The summed E-state index contributed by atoms with van der Waals surface area (Å²) in [6.07, 6.45) is 9.08. The standard InChI is InChI=1S/C14H18N4O/c15-11-7-8-12(16-9-11)14-17-13(18-19-14)10-5-3-1-2-4-6-10/h7-10H,1-6,15H2. The van der Waals surface area contributed by atoms with Crippen LogP contribution in [0.5, 0.6) is 0 Å². The van der Waals surface area contributed by atoms with Gasteiger partial charge in [-0.3, -0.25) is 0 Å². The molecule has 0 radical (unpaired) electrons. The maximum atomic E-state index is 5.62. The van der Waals surface area contributed by atoms with Gasteiger partial charge in [-0.25, -0.2) is 4.98 Å². The van der Waals surface area contributed by atoms with E-state index in [0.717, 1.165) is 18.7 Å². The molecule has 0 amide bonds. The Morgan fingerprint density at radius 3 is 2.58 bits per heavy atom. The predicted octanol–water partition coefficient (Wildman–Crippen LogP) is 3.15. The number of pyridine rings is 1. The summed E-state index contributed by atoms with van der Waals surface area (Å²) in [4.78, 5) is 8.70. The van der Waals surface area contributed by atoms with Gasteiger partial charge in [-0.15, -0.1) is 0 Å². The average molecular weight is 258 g/mol. The van der Waals surface area contributed by atoms with Crippen LogP contribution in [0.1, 0.15) is 50.3 Å². The minimum Gasteiger partial charge on any atom is -0.397 e. The van der Waals surface area contributed by atoms with Gasteiger partial charge in [0, 0.05) is 5.92 Å². The minimum atomic E-state index is 0.439. The fourth-order valence-electron chi connectivity index (χ4n) is 2.57. The summed E-state index contributed by atoms with van der Waals surface area (Å²) >= 11 is 0. The molecular weight excluding hydrogens is 240 g/mol. The van der Waals surface area contributed by atoms with E-state index in [-0.39, 0.29) is 0 Å². The molecule has 100 valence electrons. The smallest absolute Gasteiger partial charge is 0.276 e. The first-order chi connectivity index (χ1) is 9.33. The molecule has 1 aliphatic rings. The van der Waals surface area contributed by atoms with Crippen molar-refractivity contribution >= 4 is 5.69 Å². The summed E-state index contributed by atoms with van der Waals surface area (Å²) in [5.41, 5.74) is 6.93. The van der Waals surface area contributed by atoms with Crippen molar-refractivity contribution in [3.63, 3.8) is 0 Å². The number of hydrogen-bond donors (Lipinski definition) is 1. The molecule has 0 spiro atoms. The van der Waals surface area contributed by atoms with Crippen molar-refractivity contribution in [1.29, 1.82) is 0 Å². The lowest BCUT2D eigenvalue weighted by molar-refractivity contribution is 0.409. The third kappa shape index (κ3) is 2.75. The van der Waals surface area contributed by atoms with Crippen LogP contribution in [-0.2, 0) is 0 Å². The summed E-state index contributed by atoms with van der Waals surface area (Å²) < 4.78 is 5.32.